The first-order valence-corrected chi connectivity index (χ1v) is 20.5. The van der Waals surface area contributed by atoms with E-state index in [0.29, 0.717) is 0 Å². The Bertz CT molecular complexity index is 2110. The van der Waals surface area contributed by atoms with Gasteiger partial charge in [-0.25, -0.2) is 38.0 Å². The number of ether oxygens (including phenoxy) is 3. The van der Waals surface area contributed by atoms with Crippen LogP contribution in [0.25, 0.3) is 11.2 Å². The number of hydrogen-bond donors (Lipinski definition) is 9. The average Bonchev–Trinajstić information content (AvgIpc) is 3.70. The molecule has 32 heteroatoms. The molecular formula is C21H31N7O21P4. The van der Waals surface area contributed by atoms with E-state index in [-0.39, 0.29) is 17.0 Å². The van der Waals surface area contributed by atoms with E-state index in [1.54, 1.807) is 7.05 Å². The second-order valence-electron chi connectivity index (χ2n) is 10.8. The molecular weight excluding hydrogens is 810 g/mol. The minimum Gasteiger partial charge on any atom is -0.387 e. The fourth-order valence-electron chi connectivity index (χ4n) is 5.21. The molecule has 2 aliphatic rings. The van der Waals surface area contributed by atoms with Gasteiger partial charge in [0.25, 0.3) is 5.56 Å². The predicted octanol–water partition coefficient (Wildman–Crippen LogP) is -2.20. The van der Waals surface area contributed by atoms with Gasteiger partial charge in [0.2, 0.25) is 0 Å². The van der Waals surface area contributed by atoms with Crippen LogP contribution in [-0.2, 0) is 54.7 Å². The Hall–Kier alpha value is -2.65. The van der Waals surface area contributed by atoms with Crippen molar-refractivity contribution in [1.29, 1.82) is 0 Å². The first-order chi connectivity index (χ1) is 24.6. The van der Waals surface area contributed by atoms with Crippen LogP contribution >= 0.6 is 31.3 Å². The minimum absolute atomic E-state index is 0.120. The molecule has 2 saturated heterocycles. The maximum absolute atomic E-state index is 13.3. The molecule has 9 N–H and O–H groups in total. The van der Waals surface area contributed by atoms with Crippen LogP contribution < -0.4 is 16.6 Å². The summed E-state index contributed by atoms with van der Waals surface area (Å²) in [5.41, 5.74) is -1.43. The Kier molecular flexibility index (Phi) is 12.4. The van der Waals surface area contributed by atoms with Crippen LogP contribution in [0.5, 0.6) is 0 Å². The molecule has 3 aromatic heterocycles. The predicted molar refractivity (Wildman–Crippen MR) is 167 cm³/mol. The van der Waals surface area contributed by atoms with E-state index in [4.69, 9.17) is 33.0 Å². The topological polar surface area (TPSA) is 394 Å². The molecule has 53 heavy (non-hydrogen) atoms. The van der Waals surface area contributed by atoms with Gasteiger partial charge in [0.15, 0.2) is 23.9 Å². The van der Waals surface area contributed by atoms with Gasteiger partial charge in [-0.1, -0.05) is 0 Å². The van der Waals surface area contributed by atoms with Gasteiger partial charge in [-0.3, -0.25) is 32.5 Å². The summed E-state index contributed by atoms with van der Waals surface area (Å²) < 4.78 is 89.9. The summed E-state index contributed by atoms with van der Waals surface area (Å²) in [6.07, 6.45) is -9.78. The second kappa shape index (κ2) is 15.8. The third-order valence-corrected chi connectivity index (χ3v) is 12.2. The largest absolute Gasteiger partial charge is 0.490 e. The normalized spacial score (nSPS) is 29.8. The molecule has 28 nitrogen and oxygen atoms in total. The fraction of sp³-hybridized carbons (Fsp3) is 0.571. The number of anilines is 1. The maximum atomic E-state index is 13.3. The Morgan fingerprint density at radius 3 is 2.15 bits per heavy atom. The highest BCUT2D eigenvalue weighted by molar-refractivity contribution is 7.66. The van der Waals surface area contributed by atoms with Crippen LogP contribution in [-0.4, -0.2) is 128 Å². The lowest BCUT2D eigenvalue weighted by Gasteiger charge is -2.26. The zero-order valence-electron chi connectivity index (χ0n) is 26.7. The maximum Gasteiger partial charge on any atom is 0.490 e. The zero-order chi connectivity index (χ0) is 39.1. The average molecular weight is 841 g/mol. The van der Waals surface area contributed by atoms with E-state index in [9.17, 15) is 52.7 Å². The molecule has 5 rings (SSSR count). The van der Waals surface area contributed by atoms with Gasteiger partial charge in [-0.2, -0.15) is 8.62 Å². The standard InChI is InChI=1S/C21H31N7O21P4/c1-22-17-12-18(24-7-23-17)28(8-25-12)20-16(42-2)15(10(46-20)6-44-52(38,39)49-53(40,41)48-50(33,34)35)47-51(36,37)43-5-9-13(30)14(31)19(45-9)27-4-3-11(29)26-21(27)32/h3-4,7-10,13-16,19-20,30-31H,5-6H2,1-2H3,(H,36,37)(H,38,39)(H,40,41)(H,22,23,24)(H,26,29,32)(H2,33,34,35)/t9-,10-,13-,14-,15-,16-,19-,20-/m1/s1. The van der Waals surface area contributed by atoms with Crippen molar-refractivity contribution in [2.75, 3.05) is 32.7 Å². The van der Waals surface area contributed by atoms with Crippen molar-refractivity contribution in [2.45, 2.75) is 49.1 Å². The molecule has 0 saturated carbocycles. The van der Waals surface area contributed by atoms with Gasteiger partial charge in [-0.15, -0.1) is 0 Å². The van der Waals surface area contributed by atoms with Gasteiger partial charge >= 0.3 is 37.0 Å². The molecule has 0 spiro atoms. The number of nitrogens with zero attached hydrogens (tertiary/aromatic N) is 5. The molecule has 5 heterocycles. The quantitative estimate of drug-likeness (QED) is 0.0691. The SMILES string of the molecule is CNc1ncnc2c1ncn2[C@@H]1O[C@H](COP(=O)(O)OP(=O)(O)OP(=O)(O)O)[C@@H](OP(=O)(O)OC[C@H]2O[C@@H](n3ccc(=O)[nH]c3=O)[C@H](O)[C@@H]2O)[C@H]1OC. The molecule has 0 aromatic carbocycles. The first kappa shape index (κ1) is 41.5. The van der Waals surface area contributed by atoms with Crippen LogP contribution in [0.2, 0.25) is 0 Å². The van der Waals surface area contributed by atoms with Crippen LogP contribution in [0, 0.1) is 0 Å². The van der Waals surface area contributed by atoms with E-state index in [0.717, 1.165) is 30.3 Å². The lowest BCUT2D eigenvalue weighted by molar-refractivity contribution is -0.0610. The molecule has 0 radical (unpaired) electrons. The number of aromatic nitrogens is 6. The molecule has 3 aromatic rings. The van der Waals surface area contributed by atoms with Gasteiger partial charge in [0.1, 0.15) is 48.5 Å². The van der Waals surface area contributed by atoms with Crippen LogP contribution in [0.3, 0.4) is 0 Å². The van der Waals surface area contributed by atoms with Crippen molar-refractivity contribution in [3.05, 3.63) is 45.8 Å². The highest BCUT2D eigenvalue weighted by Gasteiger charge is 2.52. The van der Waals surface area contributed by atoms with Crippen molar-refractivity contribution in [1.82, 2.24) is 29.1 Å². The number of fused-ring (bicyclic) bond motifs is 1. The van der Waals surface area contributed by atoms with Crippen LogP contribution in [0.4, 0.5) is 5.82 Å². The van der Waals surface area contributed by atoms with E-state index >= 15 is 0 Å². The molecule has 11 atom stereocenters. The van der Waals surface area contributed by atoms with E-state index in [1.807, 2.05) is 4.98 Å². The molecule has 0 aliphatic carbocycles. The van der Waals surface area contributed by atoms with Crippen LogP contribution in [0.15, 0.2) is 34.5 Å². The number of imidazole rings is 1. The number of rotatable bonds is 16. The van der Waals surface area contributed by atoms with Crippen molar-refractivity contribution < 1.29 is 89.3 Å². The van der Waals surface area contributed by atoms with Gasteiger partial charge in [0.05, 0.1) is 19.5 Å². The first-order valence-electron chi connectivity index (χ1n) is 14.4. The van der Waals surface area contributed by atoms with Gasteiger partial charge in [-0.05, 0) is 0 Å². The second-order valence-corrected chi connectivity index (χ2v) is 16.7. The van der Waals surface area contributed by atoms with E-state index in [1.165, 1.54) is 10.9 Å². The summed E-state index contributed by atoms with van der Waals surface area (Å²) in [5, 5.41) is 23.8. The Morgan fingerprint density at radius 2 is 1.51 bits per heavy atom. The van der Waals surface area contributed by atoms with E-state index in [2.05, 4.69) is 33.4 Å². The number of nitrogens with one attached hydrogen (secondary N) is 2. The minimum atomic E-state index is -5.93. The highest BCUT2D eigenvalue weighted by Crippen LogP contribution is 2.66. The number of H-pyrrole nitrogens is 1. The summed E-state index contributed by atoms with van der Waals surface area (Å²) in [7, 11) is -20.1. The molecule has 2 fully saturated rings. The number of aliphatic hydroxyl groups is 2. The van der Waals surface area contributed by atoms with Gasteiger partial charge < -0.3 is 54.2 Å². The smallest absolute Gasteiger partial charge is 0.387 e. The Labute approximate surface area is 294 Å². The third-order valence-electron chi connectivity index (χ3n) is 7.36. The third kappa shape index (κ3) is 9.78. The molecule has 3 unspecified atom stereocenters. The summed E-state index contributed by atoms with van der Waals surface area (Å²) in [5.74, 6) is 0.278. The summed E-state index contributed by atoms with van der Waals surface area (Å²) in [6.45, 7) is -2.14. The Morgan fingerprint density at radius 1 is 0.849 bits per heavy atom. The fourth-order valence-corrected chi connectivity index (χ4v) is 9.20. The summed E-state index contributed by atoms with van der Waals surface area (Å²) in [4.78, 5) is 85.8. The lowest BCUT2D eigenvalue weighted by Crippen LogP contribution is -2.38. The van der Waals surface area contributed by atoms with Gasteiger partial charge in [0, 0.05) is 26.4 Å². The van der Waals surface area contributed by atoms with Crippen molar-refractivity contribution in [3.63, 3.8) is 0 Å². The van der Waals surface area contributed by atoms with Crippen molar-refractivity contribution >= 4 is 48.3 Å². The highest BCUT2D eigenvalue weighted by atomic mass is 31.3. The number of aliphatic hydroxyl groups excluding tert-OH is 2. The Balaban J connectivity index is 1.37. The number of hydrogen-bond acceptors (Lipinski definition) is 20. The van der Waals surface area contributed by atoms with E-state index < -0.39 is 105 Å². The zero-order valence-corrected chi connectivity index (χ0v) is 30.3. The number of phosphoric ester groups is 2. The van der Waals surface area contributed by atoms with Crippen molar-refractivity contribution in [2.24, 2.45) is 0 Å². The van der Waals surface area contributed by atoms with Crippen molar-refractivity contribution in [3.8, 4) is 0 Å². The lowest BCUT2D eigenvalue weighted by atomic mass is 10.1. The summed E-state index contributed by atoms with van der Waals surface area (Å²) in [6, 6.07) is 0.937. The molecule has 0 bridgehead atoms. The molecule has 2 aliphatic heterocycles. The van der Waals surface area contributed by atoms with Crippen LogP contribution in [0.1, 0.15) is 12.5 Å². The molecule has 296 valence electrons. The number of aromatic amines is 1. The number of phosphoric acid groups is 4. The molecule has 0 amide bonds. The number of methoxy groups -OCH3 is 1. The monoisotopic (exact) mass is 841 g/mol. The summed E-state index contributed by atoms with van der Waals surface area (Å²) >= 11 is 0.